The Balaban J connectivity index is 2.36. The van der Waals surface area contributed by atoms with E-state index in [2.05, 4.69) is 68.1 Å². The molecule has 0 heterocycles. The van der Waals surface area contributed by atoms with E-state index in [0.717, 1.165) is 11.1 Å². The lowest BCUT2D eigenvalue weighted by Crippen LogP contribution is -1.84. The molecule has 0 atom stereocenters. The van der Waals surface area contributed by atoms with Crippen molar-refractivity contribution >= 4 is 11.1 Å². The van der Waals surface area contributed by atoms with E-state index in [1.807, 2.05) is 25.1 Å². The minimum Gasteiger partial charge on any atom is -0.0911 e. The molecule has 0 bridgehead atoms. The second-order valence-corrected chi connectivity index (χ2v) is 4.86. The topological polar surface area (TPSA) is 0 Å². The van der Waals surface area contributed by atoms with Crippen molar-refractivity contribution in [3.63, 3.8) is 0 Å². The van der Waals surface area contributed by atoms with E-state index >= 15 is 0 Å². The van der Waals surface area contributed by atoms with E-state index in [0.29, 0.717) is 0 Å². The fourth-order valence-electron chi connectivity index (χ4n) is 2.08. The highest BCUT2D eigenvalue weighted by atomic mass is 14.0. The van der Waals surface area contributed by atoms with Gasteiger partial charge in [-0.1, -0.05) is 78.9 Å². The fourth-order valence-corrected chi connectivity index (χ4v) is 2.08. The Kier molecular flexibility index (Phi) is 4.73. The molecular formula is C20H20. The molecule has 0 amide bonds. The van der Waals surface area contributed by atoms with Gasteiger partial charge < -0.3 is 0 Å². The second kappa shape index (κ2) is 6.72. The van der Waals surface area contributed by atoms with Crippen LogP contribution < -0.4 is 0 Å². The molecule has 0 spiro atoms. The first-order valence-electron chi connectivity index (χ1n) is 6.86. The molecule has 0 saturated heterocycles. The lowest BCUT2D eigenvalue weighted by atomic mass is 9.99. The predicted molar refractivity (Wildman–Crippen MR) is 89.4 cm³/mol. The molecule has 2 rings (SSSR count). The van der Waals surface area contributed by atoms with Crippen molar-refractivity contribution in [2.45, 2.75) is 13.8 Å². The molecule has 0 aliphatic carbocycles. The van der Waals surface area contributed by atoms with Gasteiger partial charge in [0.1, 0.15) is 0 Å². The highest BCUT2D eigenvalue weighted by Crippen LogP contribution is 2.22. The third-order valence-corrected chi connectivity index (χ3v) is 3.21. The van der Waals surface area contributed by atoms with Crippen molar-refractivity contribution in [3.8, 4) is 0 Å². The number of rotatable bonds is 4. The van der Waals surface area contributed by atoms with Gasteiger partial charge in [0.25, 0.3) is 0 Å². The first-order chi connectivity index (χ1) is 9.70. The number of benzene rings is 2. The minimum atomic E-state index is 1.03. The van der Waals surface area contributed by atoms with Crippen molar-refractivity contribution in [3.05, 3.63) is 96.1 Å². The van der Waals surface area contributed by atoms with Crippen molar-refractivity contribution < 1.29 is 0 Å². The van der Waals surface area contributed by atoms with E-state index in [-0.39, 0.29) is 0 Å². The van der Waals surface area contributed by atoms with Crippen LogP contribution in [0.3, 0.4) is 0 Å². The summed E-state index contributed by atoms with van der Waals surface area (Å²) in [6, 6.07) is 18.8. The maximum absolute atomic E-state index is 4.18. The number of aryl methyl sites for hydroxylation is 1. The van der Waals surface area contributed by atoms with Gasteiger partial charge in [-0.3, -0.25) is 0 Å². The standard InChI is InChI=1S/C20H20/c1-4-8-20(19-13-11-16(2)12-14-19)15-17(3)18-9-6-5-7-10-18/h4-15H,3H2,1-2H3/b8-4-,20-15+. The lowest BCUT2D eigenvalue weighted by Gasteiger charge is -2.06. The Labute approximate surface area is 121 Å². The third-order valence-electron chi connectivity index (χ3n) is 3.21. The molecule has 0 heteroatoms. The summed E-state index contributed by atoms with van der Waals surface area (Å²) in [5, 5.41) is 0. The first kappa shape index (κ1) is 14.1. The largest absolute Gasteiger partial charge is 0.0911 e. The maximum atomic E-state index is 4.18. The van der Waals surface area contributed by atoms with Crippen molar-refractivity contribution in [2.75, 3.05) is 0 Å². The molecule has 0 aliphatic heterocycles. The highest BCUT2D eigenvalue weighted by molar-refractivity contribution is 5.86. The third kappa shape index (κ3) is 3.58. The monoisotopic (exact) mass is 260 g/mol. The van der Waals surface area contributed by atoms with Crippen LogP contribution in [0.15, 0.2) is 79.4 Å². The Hall–Kier alpha value is -2.34. The summed E-state index contributed by atoms with van der Waals surface area (Å²) in [6.07, 6.45) is 6.32. The van der Waals surface area contributed by atoms with Crippen molar-refractivity contribution in [2.24, 2.45) is 0 Å². The smallest absolute Gasteiger partial charge is 0.0181 e. The average Bonchev–Trinajstić information content (AvgIpc) is 2.48. The molecule has 2 aromatic carbocycles. The van der Waals surface area contributed by atoms with Crippen molar-refractivity contribution in [1.82, 2.24) is 0 Å². The highest BCUT2D eigenvalue weighted by Gasteiger charge is 2.00. The fraction of sp³-hybridized carbons (Fsp3) is 0.100. The molecular weight excluding hydrogens is 240 g/mol. The molecule has 2 aromatic rings. The minimum absolute atomic E-state index is 1.03. The van der Waals surface area contributed by atoms with Crippen LogP contribution in [-0.2, 0) is 0 Å². The van der Waals surface area contributed by atoms with Crippen LogP contribution in [-0.4, -0.2) is 0 Å². The molecule has 20 heavy (non-hydrogen) atoms. The van der Waals surface area contributed by atoms with E-state index in [9.17, 15) is 0 Å². The van der Waals surface area contributed by atoms with E-state index in [4.69, 9.17) is 0 Å². The molecule has 100 valence electrons. The zero-order chi connectivity index (χ0) is 14.4. The van der Waals surface area contributed by atoms with Gasteiger partial charge in [-0.2, -0.15) is 0 Å². The van der Waals surface area contributed by atoms with Crippen LogP contribution in [0.1, 0.15) is 23.6 Å². The van der Waals surface area contributed by atoms with Gasteiger partial charge in [-0.05, 0) is 42.2 Å². The summed E-state index contributed by atoms with van der Waals surface area (Å²) >= 11 is 0. The van der Waals surface area contributed by atoms with Gasteiger partial charge >= 0.3 is 0 Å². The van der Waals surface area contributed by atoms with Crippen LogP contribution in [0.5, 0.6) is 0 Å². The van der Waals surface area contributed by atoms with Crippen molar-refractivity contribution in [1.29, 1.82) is 0 Å². The molecule has 0 nitrogen and oxygen atoms in total. The van der Waals surface area contributed by atoms with Gasteiger partial charge in [0.15, 0.2) is 0 Å². The number of hydrogen-bond acceptors (Lipinski definition) is 0. The normalized spacial score (nSPS) is 11.8. The Morgan fingerprint density at radius 3 is 2.15 bits per heavy atom. The molecule has 0 aliphatic rings. The average molecular weight is 260 g/mol. The summed E-state index contributed by atoms with van der Waals surface area (Å²) in [7, 11) is 0. The van der Waals surface area contributed by atoms with E-state index in [1.54, 1.807) is 0 Å². The second-order valence-electron chi connectivity index (χ2n) is 4.86. The number of allylic oxidation sites excluding steroid dienone is 5. The first-order valence-corrected chi connectivity index (χ1v) is 6.86. The van der Waals surface area contributed by atoms with Crippen LogP contribution in [0.2, 0.25) is 0 Å². The van der Waals surface area contributed by atoms with E-state index in [1.165, 1.54) is 16.7 Å². The zero-order valence-corrected chi connectivity index (χ0v) is 12.1. The van der Waals surface area contributed by atoms with Crippen LogP contribution >= 0.6 is 0 Å². The summed E-state index contributed by atoms with van der Waals surface area (Å²) in [6.45, 7) is 8.32. The Bertz CT molecular complexity index is 625. The Morgan fingerprint density at radius 2 is 1.55 bits per heavy atom. The quantitative estimate of drug-likeness (QED) is 0.621. The zero-order valence-electron chi connectivity index (χ0n) is 12.1. The SMILES string of the molecule is C=C(/C=C(\C=C/C)c1ccc(C)cc1)c1ccccc1. The molecule has 0 N–H and O–H groups in total. The van der Waals surface area contributed by atoms with Gasteiger partial charge in [-0.15, -0.1) is 0 Å². The van der Waals surface area contributed by atoms with Gasteiger partial charge in [0.2, 0.25) is 0 Å². The molecule has 0 radical (unpaired) electrons. The molecule has 0 aromatic heterocycles. The molecule has 0 saturated carbocycles. The predicted octanol–water partition coefficient (Wildman–Crippen LogP) is 5.67. The van der Waals surface area contributed by atoms with Crippen LogP contribution in [0.25, 0.3) is 11.1 Å². The molecule has 0 fully saturated rings. The summed E-state index contributed by atoms with van der Waals surface area (Å²) in [5.41, 5.74) is 5.85. The van der Waals surface area contributed by atoms with Gasteiger partial charge in [0.05, 0.1) is 0 Å². The maximum Gasteiger partial charge on any atom is -0.0181 e. The van der Waals surface area contributed by atoms with Crippen LogP contribution in [0.4, 0.5) is 0 Å². The summed E-state index contributed by atoms with van der Waals surface area (Å²) < 4.78 is 0. The lowest BCUT2D eigenvalue weighted by molar-refractivity contribution is 1.45. The summed E-state index contributed by atoms with van der Waals surface area (Å²) in [4.78, 5) is 0. The van der Waals surface area contributed by atoms with E-state index < -0.39 is 0 Å². The van der Waals surface area contributed by atoms with Crippen LogP contribution in [0, 0.1) is 6.92 Å². The number of hydrogen-bond donors (Lipinski definition) is 0. The van der Waals surface area contributed by atoms with Gasteiger partial charge in [-0.25, -0.2) is 0 Å². The Morgan fingerprint density at radius 1 is 0.900 bits per heavy atom. The molecule has 0 unspecified atom stereocenters. The summed E-state index contributed by atoms with van der Waals surface area (Å²) in [5.74, 6) is 0. The van der Waals surface area contributed by atoms with Gasteiger partial charge in [0, 0.05) is 0 Å².